The third-order valence-corrected chi connectivity index (χ3v) is 3.18. The molecule has 1 aromatic carbocycles. The number of carbonyl (C=O) groups excluding carboxylic acids is 1. The third kappa shape index (κ3) is 3.66. The molecule has 0 spiro atoms. The minimum Gasteiger partial charge on any atom is -0.399 e. The highest BCUT2D eigenvalue weighted by Gasteiger charge is 2.27. The van der Waals surface area contributed by atoms with Gasteiger partial charge in [0, 0.05) is 17.9 Å². The number of nitrogens with two attached hydrogens (primary N) is 1. The second kappa shape index (κ2) is 5.08. The van der Waals surface area contributed by atoms with Crippen LogP contribution in [-0.4, -0.2) is 12.6 Å². The van der Waals surface area contributed by atoms with Gasteiger partial charge >= 0.3 is 6.03 Å². The van der Waals surface area contributed by atoms with Crippen LogP contribution in [0.5, 0.6) is 0 Å². The molecule has 17 heavy (non-hydrogen) atoms. The summed E-state index contributed by atoms with van der Waals surface area (Å²) < 4.78 is 0. The van der Waals surface area contributed by atoms with Crippen molar-refractivity contribution in [1.29, 1.82) is 0 Å². The van der Waals surface area contributed by atoms with E-state index in [4.69, 9.17) is 5.73 Å². The lowest BCUT2D eigenvalue weighted by atomic mass is 10.1. The minimum absolute atomic E-state index is 0.151. The van der Waals surface area contributed by atoms with Gasteiger partial charge in [0.05, 0.1) is 0 Å². The predicted octanol–water partition coefficient (Wildman–Crippen LogP) is 2.44. The summed E-state index contributed by atoms with van der Waals surface area (Å²) in [6.45, 7) is 2.92. The molecular weight excluding hydrogens is 214 g/mol. The molecular formula is C13H19N3O. The first kappa shape index (κ1) is 11.8. The minimum atomic E-state index is -0.151. The van der Waals surface area contributed by atoms with Gasteiger partial charge < -0.3 is 16.4 Å². The maximum Gasteiger partial charge on any atom is 0.319 e. The molecule has 1 aliphatic rings. The SMILES string of the molecule is CC(CNC(=O)Nc1ccc(N)cc1)C1CC1. The van der Waals surface area contributed by atoms with Gasteiger partial charge in [-0.15, -0.1) is 0 Å². The summed E-state index contributed by atoms with van der Waals surface area (Å²) in [5.74, 6) is 1.39. The Hall–Kier alpha value is -1.71. The van der Waals surface area contributed by atoms with E-state index >= 15 is 0 Å². The number of benzene rings is 1. The van der Waals surface area contributed by atoms with Crippen molar-refractivity contribution in [1.82, 2.24) is 5.32 Å². The van der Waals surface area contributed by atoms with Gasteiger partial charge in [-0.25, -0.2) is 4.79 Å². The van der Waals surface area contributed by atoms with Gasteiger partial charge in [-0.3, -0.25) is 0 Å². The zero-order chi connectivity index (χ0) is 12.3. The van der Waals surface area contributed by atoms with Crippen molar-refractivity contribution in [2.24, 2.45) is 11.8 Å². The van der Waals surface area contributed by atoms with Crippen LogP contribution >= 0.6 is 0 Å². The first-order valence-electron chi connectivity index (χ1n) is 6.05. The van der Waals surface area contributed by atoms with Gasteiger partial charge in [-0.05, 0) is 48.9 Å². The number of urea groups is 1. The van der Waals surface area contributed by atoms with Crippen LogP contribution in [0.2, 0.25) is 0 Å². The number of anilines is 2. The molecule has 1 unspecified atom stereocenters. The van der Waals surface area contributed by atoms with Crippen molar-refractivity contribution in [3.05, 3.63) is 24.3 Å². The van der Waals surface area contributed by atoms with Crippen molar-refractivity contribution < 1.29 is 4.79 Å². The Balaban J connectivity index is 1.74. The van der Waals surface area contributed by atoms with Crippen LogP contribution in [0.15, 0.2) is 24.3 Å². The molecule has 0 radical (unpaired) electrons. The van der Waals surface area contributed by atoms with E-state index in [1.165, 1.54) is 12.8 Å². The standard InChI is InChI=1S/C13H19N3O/c1-9(10-2-3-10)8-15-13(17)16-12-6-4-11(14)5-7-12/h4-7,9-10H,2-3,8,14H2,1H3,(H2,15,16,17). The lowest BCUT2D eigenvalue weighted by Crippen LogP contribution is -2.32. The van der Waals surface area contributed by atoms with Crippen LogP contribution in [0, 0.1) is 11.8 Å². The third-order valence-electron chi connectivity index (χ3n) is 3.18. The maximum atomic E-state index is 11.6. The second-order valence-electron chi connectivity index (χ2n) is 4.77. The average Bonchev–Trinajstić information content (AvgIpc) is 3.13. The molecule has 4 nitrogen and oxygen atoms in total. The highest BCUT2D eigenvalue weighted by atomic mass is 16.2. The van der Waals surface area contributed by atoms with Crippen molar-refractivity contribution in [2.75, 3.05) is 17.6 Å². The highest BCUT2D eigenvalue weighted by Crippen LogP contribution is 2.36. The molecule has 0 bridgehead atoms. The lowest BCUT2D eigenvalue weighted by molar-refractivity contribution is 0.250. The summed E-state index contributed by atoms with van der Waals surface area (Å²) in [6.07, 6.45) is 2.62. The zero-order valence-electron chi connectivity index (χ0n) is 10.1. The first-order valence-corrected chi connectivity index (χ1v) is 6.05. The molecule has 2 amide bonds. The fourth-order valence-corrected chi connectivity index (χ4v) is 1.83. The van der Waals surface area contributed by atoms with Gasteiger partial charge in [0.25, 0.3) is 0 Å². The van der Waals surface area contributed by atoms with E-state index < -0.39 is 0 Å². The number of rotatable bonds is 4. The summed E-state index contributed by atoms with van der Waals surface area (Å²) in [4.78, 5) is 11.6. The van der Waals surface area contributed by atoms with E-state index in [1.54, 1.807) is 24.3 Å². The Morgan fingerprint density at radius 1 is 1.41 bits per heavy atom. The van der Waals surface area contributed by atoms with E-state index in [-0.39, 0.29) is 6.03 Å². The van der Waals surface area contributed by atoms with Gasteiger partial charge in [0.1, 0.15) is 0 Å². The summed E-state index contributed by atoms with van der Waals surface area (Å²) in [7, 11) is 0. The van der Waals surface area contributed by atoms with Crippen LogP contribution < -0.4 is 16.4 Å². The van der Waals surface area contributed by atoms with Crippen LogP contribution in [0.1, 0.15) is 19.8 Å². The van der Waals surface area contributed by atoms with Crippen molar-refractivity contribution >= 4 is 17.4 Å². The summed E-state index contributed by atoms with van der Waals surface area (Å²) in [6, 6.07) is 6.96. The number of nitrogen functional groups attached to an aromatic ring is 1. The molecule has 4 heteroatoms. The smallest absolute Gasteiger partial charge is 0.319 e. The van der Waals surface area contributed by atoms with Crippen molar-refractivity contribution in [3.63, 3.8) is 0 Å². The van der Waals surface area contributed by atoms with Gasteiger partial charge in [-0.1, -0.05) is 6.92 Å². The van der Waals surface area contributed by atoms with Crippen LogP contribution in [0.3, 0.4) is 0 Å². The highest BCUT2D eigenvalue weighted by molar-refractivity contribution is 5.89. The first-order chi connectivity index (χ1) is 8.15. The van der Waals surface area contributed by atoms with Crippen LogP contribution in [-0.2, 0) is 0 Å². The van der Waals surface area contributed by atoms with Gasteiger partial charge in [0.15, 0.2) is 0 Å². The number of hydrogen-bond donors (Lipinski definition) is 3. The number of nitrogens with one attached hydrogen (secondary N) is 2. The second-order valence-corrected chi connectivity index (χ2v) is 4.77. The van der Waals surface area contributed by atoms with Crippen molar-refractivity contribution in [2.45, 2.75) is 19.8 Å². The zero-order valence-corrected chi connectivity index (χ0v) is 10.1. The number of amides is 2. The maximum absolute atomic E-state index is 11.6. The number of carbonyl (C=O) groups is 1. The Labute approximate surface area is 102 Å². The molecule has 0 aromatic heterocycles. The number of hydrogen-bond acceptors (Lipinski definition) is 2. The van der Waals surface area contributed by atoms with E-state index in [2.05, 4.69) is 17.6 Å². The van der Waals surface area contributed by atoms with Crippen LogP contribution in [0.25, 0.3) is 0 Å². The molecule has 1 atom stereocenters. The molecule has 0 aliphatic heterocycles. The summed E-state index contributed by atoms with van der Waals surface area (Å²) in [5, 5.41) is 5.66. The van der Waals surface area contributed by atoms with Gasteiger partial charge in [-0.2, -0.15) is 0 Å². The largest absolute Gasteiger partial charge is 0.399 e. The van der Waals surface area contributed by atoms with Gasteiger partial charge in [0.2, 0.25) is 0 Å². The van der Waals surface area contributed by atoms with E-state index in [0.29, 0.717) is 11.6 Å². The summed E-state index contributed by atoms with van der Waals surface area (Å²) >= 11 is 0. The van der Waals surface area contributed by atoms with Crippen LogP contribution in [0.4, 0.5) is 16.2 Å². The van der Waals surface area contributed by atoms with E-state index in [9.17, 15) is 4.79 Å². The lowest BCUT2D eigenvalue weighted by Gasteiger charge is -2.12. The molecule has 0 saturated heterocycles. The quantitative estimate of drug-likeness (QED) is 0.699. The Morgan fingerprint density at radius 2 is 2.06 bits per heavy atom. The molecule has 4 N–H and O–H groups in total. The van der Waals surface area contributed by atoms with E-state index in [1.807, 2.05) is 0 Å². The van der Waals surface area contributed by atoms with Crippen molar-refractivity contribution in [3.8, 4) is 0 Å². The molecule has 1 aliphatic carbocycles. The van der Waals surface area contributed by atoms with E-state index in [0.717, 1.165) is 18.2 Å². The molecule has 2 rings (SSSR count). The normalized spacial score (nSPS) is 16.3. The summed E-state index contributed by atoms with van der Waals surface area (Å²) in [5.41, 5.74) is 7.02. The average molecular weight is 233 g/mol. The Morgan fingerprint density at radius 3 is 2.65 bits per heavy atom. The molecule has 92 valence electrons. The molecule has 0 heterocycles. The molecule has 1 fully saturated rings. The Bertz CT molecular complexity index is 384. The molecule has 1 aromatic rings. The monoisotopic (exact) mass is 233 g/mol. The fourth-order valence-electron chi connectivity index (χ4n) is 1.83. The predicted molar refractivity (Wildman–Crippen MR) is 69.8 cm³/mol. The topological polar surface area (TPSA) is 67.2 Å². The fraction of sp³-hybridized carbons (Fsp3) is 0.462. The Kier molecular flexibility index (Phi) is 3.52. The molecule has 1 saturated carbocycles.